The summed E-state index contributed by atoms with van der Waals surface area (Å²) in [5.74, 6) is -4.83. The number of nitrogens with zero attached hydrogens (tertiary/aromatic N) is 7. The number of imide groups is 7. The van der Waals surface area contributed by atoms with E-state index in [4.69, 9.17) is 10.6 Å². The van der Waals surface area contributed by atoms with Gasteiger partial charge in [0.2, 0.25) is 0 Å². The van der Waals surface area contributed by atoms with Crippen LogP contribution in [0.5, 0.6) is 0 Å². The van der Waals surface area contributed by atoms with E-state index < -0.39 is 82.8 Å². The molecule has 16 rings (SSSR count). The summed E-state index contributed by atoms with van der Waals surface area (Å²) in [6, 6.07) is 22.2. The molecule has 14 amide bonds. The molecule has 0 spiro atoms. The van der Waals surface area contributed by atoms with Crippen molar-refractivity contribution < 1.29 is 81.4 Å². The van der Waals surface area contributed by atoms with Crippen LogP contribution in [0.15, 0.2) is 97.1 Å². The summed E-state index contributed by atoms with van der Waals surface area (Å²) in [4.78, 5) is 218. The molecule has 0 saturated heterocycles. The number of ether oxygens (including phenoxy) is 1. The fourth-order valence-electron chi connectivity index (χ4n) is 16.2. The first-order valence-corrected chi connectivity index (χ1v) is 35.4. The number of amides is 14. The molecule has 8 aromatic carbocycles. The number of benzene rings is 8. The smallest absolute Gasteiger partial charge is 0.346 e. The average Bonchev–Trinajstić information content (AvgIpc) is 0.715. The Balaban J connectivity index is 0.000000147. The van der Waals surface area contributed by atoms with Gasteiger partial charge in [0.15, 0.2) is 0 Å². The summed E-state index contributed by atoms with van der Waals surface area (Å²) in [6.07, 6.45) is 9.62. The van der Waals surface area contributed by atoms with Gasteiger partial charge in [-0.25, -0.2) is 20.4 Å². The number of hydrogen-bond acceptors (Lipinski definition) is 18. The minimum atomic E-state index is -0.989. The van der Waals surface area contributed by atoms with Gasteiger partial charge in [-0.1, -0.05) is 80.1 Å². The third-order valence-electron chi connectivity index (χ3n) is 21.6. The fraction of sp³-hybridized carbons (Fsp3) is 0.300. The Kier molecular flexibility index (Phi) is 17.5. The molecule has 532 valence electrons. The third-order valence-corrected chi connectivity index (χ3v) is 21.6. The Morgan fingerprint density at radius 3 is 0.676 bits per heavy atom. The Labute approximate surface area is 599 Å². The second-order valence-corrected chi connectivity index (χ2v) is 27.3. The Hall–Kier alpha value is -12.1. The molecule has 8 aliphatic rings. The summed E-state index contributed by atoms with van der Waals surface area (Å²) in [5.41, 5.74) is 2.66. The van der Waals surface area contributed by atoms with Crippen molar-refractivity contribution in [2.45, 2.75) is 157 Å². The van der Waals surface area contributed by atoms with Gasteiger partial charge < -0.3 is 4.74 Å². The summed E-state index contributed by atoms with van der Waals surface area (Å²) < 4.78 is 4.74. The highest BCUT2D eigenvalue weighted by molar-refractivity contribution is 6.39. The minimum absolute atomic E-state index is 0.0606. The molecule has 8 aliphatic heterocycles. The predicted molar refractivity (Wildman–Crippen MR) is 379 cm³/mol. The second-order valence-electron chi connectivity index (χ2n) is 27.3. The van der Waals surface area contributed by atoms with Crippen LogP contribution >= 0.6 is 0 Å². The van der Waals surface area contributed by atoms with E-state index in [0.29, 0.717) is 90.9 Å². The minimum Gasteiger partial charge on any atom is -0.386 e. The van der Waals surface area contributed by atoms with E-state index in [2.05, 4.69) is 13.8 Å². The highest BCUT2D eigenvalue weighted by Gasteiger charge is 2.50. The summed E-state index contributed by atoms with van der Waals surface area (Å²) >= 11 is 0. The maximum absolute atomic E-state index is 14.3. The Morgan fingerprint density at radius 2 is 0.457 bits per heavy atom. The van der Waals surface area contributed by atoms with Gasteiger partial charge in [-0.3, -0.25) is 86.7 Å². The van der Waals surface area contributed by atoms with E-state index in [1.807, 2.05) is 41.5 Å². The molecule has 0 saturated carbocycles. The van der Waals surface area contributed by atoms with Crippen LogP contribution in [0.3, 0.4) is 0 Å². The third kappa shape index (κ3) is 10.2. The highest BCUT2D eigenvalue weighted by atomic mass is 16.6. The number of carbonyl (C=O) groups is 16. The van der Waals surface area contributed by atoms with Gasteiger partial charge >= 0.3 is 11.9 Å². The van der Waals surface area contributed by atoms with Crippen molar-refractivity contribution in [2.24, 2.45) is 5.84 Å². The van der Waals surface area contributed by atoms with Gasteiger partial charge in [-0.2, -0.15) is 10.0 Å². The largest absolute Gasteiger partial charge is 0.386 e. The van der Waals surface area contributed by atoms with Crippen molar-refractivity contribution in [1.82, 2.24) is 34.6 Å². The number of esters is 2. The molecule has 8 aromatic rings. The molecule has 2 N–H and O–H groups in total. The molecule has 25 nitrogen and oxygen atoms in total. The van der Waals surface area contributed by atoms with Crippen LogP contribution in [-0.4, -0.2) is 153 Å². The molecule has 0 aliphatic carbocycles. The molecule has 2 unspecified atom stereocenters. The number of carbonyl (C=O) groups excluding carboxylic acids is 16. The quantitative estimate of drug-likeness (QED) is 0.0221. The molecule has 2 atom stereocenters. The number of cyclic esters (lactones) is 2. The zero-order valence-corrected chi connectivity index (χ0v) is 58.7. The van der Waals surface area contributed by atoms with Crippen molar-refractivity contribution in [3.63, 3.8) is 0 Å². The first-order chi connectivity index (χ1) is 50.3. The first-order valence-electron chi connectivity index (χ1n) is 35.4. The maximum atomic E-state index is 14.3. The number of hydrogen-bond donors (Lipinski definition) is 1. The zero-order valence-electron chi connectivity index (χ0n) is 58.7. The van der Waals surface area contributed by atoms with Gasteiger partial charge in [0.1, 0.15) is 0 Å². The summed E-state index contributed by atoms with van der Waals surface area (Å²) in [6.45, 7) is 15.5. The van der Waals surface area contributed by atoms with Gasteiger partial charge in [-0.05, 0) is 149 Å². The lowest BCUT2D eigenvalue weighted by atomic mass is 9.85. The van der Waals surface area contributed by atoms with Crippen LogP contribution in [0.25, 0.3) is 43.1 Å². The topological polar surface area (TPSA) is 331 Å². The first kappa shape index (κ1) is 69.9. The average molecular weight is 1420 g/mol. The molecule has 0 fully saturated rings. The van der Waals surface area contributed by atoms with Crippen LogP contribution < -0.4 is 5.84 Å². The van der Waals surface area contributed by atoms with Crippen molar-refractivity contribution in [1.29, 1.82) is 0 Å². The maximum Gasteiger partial charge on any atom is 0.346 e. The van der Waals surface area contributed by atoms with Gasteiger partial charge in [0.25, 0.3) is 82.7 Å². The highest BCUT2D eigenvalue weighted by Crippen LogP contribution is 2.45. The van der Waals surface area contributed by atoms with Crippen molar-refractivity contribution in [3.05, 3.63) is 186 Å². The summed E-state index contributed by atoms with van der Waals surface area (Å²) in [5, 5.41) is 3.53. The number of hydrazine groups is 2. The lowest BCUT2D eigenvalue weighted by Gasteiger charge is -2.39. The van der Waals surface area contributed by atoms with Crippen molar-refractivity contribution in [2.75, 3.05) is 0 Å². The van der Waals surface area contributed by atoms with Gasteiger partial charge in [0, 0.05) is 112 Å². The van der Waals surface area contributed by atoms with E-state index in [9.17, 15) is 76.7 Å². The molecule has 25 heteroatoms. The van der Waals surface area contributed by atoms with E-state index >= 15 is 0 Å². The normalized spacial score (nSPS) is 16.8. The van der Waals surface area contributed by atoms with E-state index in [0.717, 1.165) is 44.9 Å². The molecular formula is C80H70N8O17. The van der Waals surface area contributed by atoms with E-state index in [-0.39, 0.29) is 124 Å². The Bertz CT molecular complexity index is 5170. The molecule has 105 heavy (non-hydrogen) atoms. The molecule has 0 bridgehead atoms. The zero-order chi connectivity index (χ0) is 75.0. The standard InChI is InChI=1S/C40H34N4O8.C21H19NO5.C19H17N3O4/c1-5-8-9-10-19(4)41-33(45)21-11-15-25-31-26(16-12-22(29(21)31)34(41)46)38(50)43(37(25)49)44-39(51)27-17-13-23-30-24(14-18-28(32(27)30)40(44)52)36(48)42(35(23)47)20(6-2)7-3;1-3-4-5-6-11(2)22-18(23)12-7-9-14-17-15(21(26)27-20(14)25)10-8-13(16(12)17)19(22)24;1-3-9(4-2)21-16(23)10-5-7-12-15-13(19(26)22(20)18(12)25)8-6-11(14(10)15)17(21)24/h11-20H,5-10H2,1-4H3;7-11H,3-6H2,1-2H3;5-9H,3-4,20H2,1-2H3. The van der Waals surface area contributed by atoms with Crippen LogP contribution in [0.4, 0.5) is 0 Å². The summed E-state index contributed by atoms with van der Waals surface area (Å²) in [7, 11) is 0. The number of rotatable bonds is 17. The van der Waals surface area contributed by atoms with Crippen molar-refractivity contribution >= 4 is 138 Å². The predicted octanol–water partition coefficient (Wildman–Crippen LogP) is 12.0. The second kappa shape index (κ2) is 26.3. The van der Waals surface area contributed by atoms with Crippen LogP contribution in [0.1, 0.15) is 298 Å². The fourth-order valence-corrected chi connectivity index (χ4v) is 16.2. The van der Waals surface area contributed by atoms with Crippen LogP contribution in [0.2, 0.25) is 0 Å². The number of unbranched alkanes of at least 4 members (excludes halogenated alkanes) is 4. The molecule has 0 aromatic heterocycles. The lowest BCUT2D eigenvalue weighted by molar-refractivity contribution is 0.00211. The van der Waals surface area contributed by atoms with Gasteiger partial charge in [0.05, 0.1) is 44.5 Å². The van der Waals surface area contributed by atoms with Crippen LogP contribution in [0, 0.1) is 0 Å². The monoisotopic (exact) mass is 1410 g/mol. The molecule has 0 radical (unpaired) electrons. The Morgan fingerprint density at radius 1 is 0.267 bits per heavy atom. The molecular weight excluding hydrogens is 1340 g/mol. The van der Waals surface area contributed by atoms with Crippen molar-refractivity contribution in [3.8, 4) is 0 Å². The van der Waals surface area contributed by atoms with Crippen LogP contribution in [-0.2, 0) is 4.74 Å². The SMILES string of the molecule is CCC(CC)N1C(=O)c2ccc3c4c(ccc(c24)C1=O)C(=O)N(N)C3=O.CCCCCC(C)N1C(=O)c2ccc3c4c(ccc(c24)C1=O)C(=O)N(N1C(=O)c2ccc4c5c(ccc(c25)C1=O)C(=O)N(C(CC)CC)C4=O)C3=O.CCCCCC(C)N1C(=O)c2ccc3c4c(ccc(c24)C1=O)C(=O)OC3=O. The molecule has 8 heterocycles. The number of nitrogens with two attached hydrogens (primary N) is 1. The lowest BCUT2D eigenvalue weighted by Crippen LogP contribution is -2.58. The van der Waals surface area contributed by atoms with E-state index in [1.165, 1.54) is 105 Å². The van der Waals surface area contributed by atoms with Gasteiger partial charge in [-0.15, -0.1) is 0 Å². The van der Waals surface area contributed by atoms with E-state index in [1.54, 1.807) is 12.1 Å².